The van der Waals surface area contributed by atoms with E-state index in [4.69, 9.17) is 18.9 Å². The first-order chi connectivity index (χ1) is 33.6. The minimum atomic E-state index is -5.07. The molecule has 1 aliphatic heterocycles. The second kappa shape index (κ2) is 46.4. The molecule has 0 saturated carbocycles. The van der Waals surface area contributed by atoms with E-state index in [0.29, 0.717) is 13.0 Å². The van der Waals surface area contributed by atoms with E-state index in [9.17, 15) is 33.1 Å². The fourth-order valence-corrected chi connectivity index (χ4v) is 8.28. The quantitative estimate of drug-likeness (QED) is 0.0197. The highest BCUT2D eigenvalue weighted by atomic mass is 32.3. The molecule has 4 N–H and O–H groups in total. The summed E-state index contributed by atoms with van der Waals surface area (Å²) in [4.78, 5) is 12.9. The maximum atomic E-state index is 12.9. The molecule has 1 fully saturated rings. The van der Waals surface area contributed by atoms with Crippen LogP contribution in [0.3, 0.4) is 0 Å². The van der Waals surface area contributed by atoms with E-state index in [1.807, 2.05) is 0 Å². The largest absolute Gasteiger partial charge is 0.457 e. The molecule has 1 saturated heterocycles. The molecule has 0 bridgehead atoms. The third-order valence-corrected chi connectivity index (χ3v) is 12.2. The first-order valence-corrected chi connectivity index (χ1v) is 28.2. The molecule has 0 radical (unpaired) electrons. The van der Waals surface area contributed by atoms with E-state index in [1.165, 1.54) is 89.9 Å². The lowest BCUT2D eigenvalue weighted by Gasteiger charge is -2.41. The summed E-state index contributed by atoms with van der Waals surface area (Å²) < 4.78 is 59.3. The van der Waals surface area contributed by atoms with E-state index in [1.54, 1.807) is 0 Å². The molecule has 0 aromatic carbocycles. The number of esters is 1. The van der Waals surface area contributed by atoms with Crippen molar-refractivity contribution in [2.24, 2.45) is 0 Å². The van der Waals surface area contributed by atoms with Crippen molar-refractivity contribution in [1.29, 1.82) is 0 Å². The second-order valence-electron chi connectivity index (χ2n) is 18.1. The Morgan fingerprint density at radius 1 is 0.565 bits per heavy atom. The number of unbranched alkanes of at least 4 members (excludes halogenated alkanes) is 19. The topological polar surface area (TPSA) is 178 Å². The van der Waals surface area contributed by atoms with Crippen LogP contribution in [0, 0.1) is 0 Å². The maximum absolute atomic E-state index is 12.9. The average Bonchev–Trinajstić information content (AvgIpc) is 3.32. The van der Waals surface area contributed by atoms with Gasteiger partial charge in [0, 0.05) is 13.0 Å². The summed E-state index contributed by atoms with van der Waals surface area (Å²) in [5.74, 6) is -0.431. The molecule has 6 unspecified atom stereocenters. The van der Waals surface area contributed by atoms with Crippen LogP contribution in [0.5, 0.6) is 0 Å². The van der Waals surface area contributed by atoms with Crippen molar-refractivity contribution >= 4 is 16.4 Å². The van der Waals surface area contributed by atoms with E-state index < -0.39 is 59.8 Å². The summed E-state index contributed by atoms with van der Waals surface area (Å²) >= 11 is 0. The predicted molar refractivity (Wildman–Crippen MR) is 280 cm³/mol. The van der Waals surface area contributed by atoms with Crippen LogP contribution >= 0.6 is 0 Å². The Kier molecular flexibility index (Phi) is 43.2. The van der Waals surface area contributed by atoms with Crippen molar-refractivity contribution in [3.8, 4) is 0 Å². The average molecular weight is 993 g/mol. The molecule has 0 amide bonds. The molecule has 0 aromatic heterocycles. The van der Waals surface area contributed by atoms with Crippen molar-refractivity contribution < 1.29 is 56.2 Å². The van der Waals surface area contributed by atoms with Gasteiger partial charge in [-0.25, -0.2) is 4.18 Å². The highest BCUT2D eigenvalue weighted by molar-refractivity contribution is 7.80. The second-order valence-corrected chi connectivity index (χ2v) is 19.1. The Bertz CT molecular complexity index is 1520. The van der Waals surface area contributed by atoms with Gasteiger partial charge in [0.15, 0.2) is 6.29 Å². The van der Waals surface area contributed by atoms with Crippen molar-refractivity contribution in [2.75, 3.05) is 26.4 Å². The van der Waals surface area contributed by atoms with Gasteiger partial charge in [-0.15, -0.1) is 0 Å². The number of ether oxygens (including phenoxy) is 4. The van der Waals surface area contributed by atoms with Crippen LogP contribution in [-0.2, 0) is 38.3 Å². The fourth-order valence-electron chi connectivity index (χ4n) is 7.77. The van der Waals surface area contributed by atoms with E-state index in [0.717, 1.165) is 83.5 Å². The molecule has 1 heterocycles. The van der Waals surface area contributed by atoms with Crippen LogP contribution in [-0.4, -0.2) is 97.5 Å². The lowest BCUT2D eigenvalue weighted by atomic mass is 9.99. The Balaban J connectivity index is 2.38. The number of allylic oxidation sites excluding steroid dienone is 14. The maximum Gasteiger partial charge on any atom is 0.397 e. The van der Waals surface area contributed by atoms with Gasteiger partial charge in [0.2, 0.25) is 0 Å². The molecule has 398 valence electrons. The standard InChI is InChI=1S/C56H96O12S/c1-3-5-7-9-11-13-15-17-19-21-22-23-24-25-26-27-28-29-31-33-35-37-39-41-43-45-52(58)66-50(49-65-56-54(60)55(68-69(61,62)63)53(59)51(47-57)67-56)48-64-46-44-42-40-38-36-34-32-30-20-18-16-14-12-10-8-6-4-2/h5,7,11,13,17,19,22-23,25-26,28-29,33,35,50-51,53-57,59-60H,3-4,6,8-10,12,14-16,18,20-21,24,27,30-32,34,36-49H2,1-2H3,(H,61,62,63)/b7-5-,13-11-,19-17-,23-22-,26-25-,29-28-,35-33-. The van der Waals surface area contributed by atoms with Crippen LogP contribution in [0.2, 0.25) is 0 Å². The summed E-state index contributed by atoms with van der Waals surface area (Å²) in [6, 6.07) is 0. The minimum absolute atomic E-state index is 0.0198. The molecule has 0 aliphatic carbocycles. The number of aliphatic hydroxyl groups is 3. The summed E-state index contributed by atoms with van der Waals surface area (Å²) in [5.41, 5.74) is 0. The predicted octanol–water partition coefficient (Wildman–Crippen LogP) is 12.8. The summed E-state index contributed by atoms with van der Waals surface area (Å²) in [5, 5.41) is 30.8. The molecule has 69 heavy (non-hydrogen) atoms. The van der Waals surface area contributed by atoms with Crippen LogP contribution in [0.15, 0.2) is 85.1 Å². The number of carbonyl (C=O) groups is 1. The zero-order chi connectivity index (χ0) is 50.3. The van der Waals surface area contributed by atoms with E-state index in [2.05, 4.69) is 103 Å². The number of hydrogen-bond acceptors (Lipinski definition) is 11. The van der Waals surface area contributed by atoms with Crippen molar-refractivity contribution in [3.63, 3.8) is 0 Å². The Labute approximate surface area is 419 Å². The zero-order valence-corrected chi connectivity index (χ0v) is 43.7. The summed E-state index contributed by atoms with van der Waals surface area (Å²) in [6.07, 6.45) is 53.3. The number of rotatable bonds is 46. The van der Waals surface area contributed by atoms with Crippen LogP contribution in [0.1, 0.15) is 200 Å². The first-order valence-electron chi connectivity index (χ1n) is 26.8. The smallest absolute Gasteiger partial charge is 0.397 e. The number of hydrogen-bond donors (Lipinski definition) is 4. The molecule has 6 atom stereocenters. The lowest BCUT2D eigenvalue weighted by Crippen LogP contribution is -2.60. The highest BCUT2D eigenvalue weighted by Crippen LogP contribution is 2.26. The van der Waals surface area contributed by atoms with Crippen molar-refractivity contribution in [2.45, 2.75) is 237 Å². The summed E-state index contributed by atoms with van der Waals surface area (Å²) in [6.45, 7) is 3.85. The van der Waals surface area contributed by atoms with E-state index in [-0.39, 0.29) is 19.6 Å². The van der Waals surface area contributed by atoms with Gasteiger partial charge in [-0.3, -0.25) is 9.35 Å². The first kappa shape index (κ1) is 64.3. The molecule has 13 heteroatoms. The van der Waals surface area contributed by atoms with Gasteiger partial charge in [-0.05, 0) is 70.6 Å². The minimum Gasteiger partial charge on any atom is -0.457 e. The molecule has 0 aromatic rings. The van der Waals surface area contributed by atoms with Gasteiger partial charge >= 0.3 is 16.4 Å². The van der Waals surface area contributed by atoms with Crippen LogP contribution in [0.4, 0.5) is 0 Å². The van der Waals surface area contributed by atoms with Gasteiger partial charge < -0.3 is 34.3 Å². The van der Waals surface area contributed by atoms with Crippen molar-refractivity contribution in [1.82, 2.24) is 0 Å². The van der Waals surface area contributed by atoms with Gasteiger partial charge in [0.05, 0.1) is 19.8 Å². The SMILES string of the molecule is CC/C=C\C/C=C\C/C=C\C/C=C\C/C=C\C/C=C\C/C=C\CCCCCC(=O)OC(COCCCCCCCCCCCCCCCCCCC)COC1OC(CO)C(O)C(OS(=O)(=O)O)C1O. The van der Waals surface area contributed by atoms with Gasteiger partial charge in [0.25, 0.3) is 0 Å². The molecule has 0 spiro atoms. The molecular formula is C56H96O12S. The normalized spacial score (nSPS) is 19.9. The zero-order valence-electron chi connectivity index (χ0n) is 42.8. The highest BCUT2D eigenvalue weighted by Gasteiger charge is 2.48. The van der Waals surface area contributed by atoms with Crippen LogP contribution < -0.4 is 0 Å². The third-order valence-electron chi connectivity index (χ3n) is 11.8. The number of aliphatic hydroxyl groups excluding tert-OH is 3. The number of carbonyl (C=O) groups excluding carboxylic acids is 1. The molecule has 12 nitrogen and oxygen atoms in total. The van der Waals surface area contributed by atoms with Crippen molar-refractivity contribution in [3.05, 3.63) is 85.1 Å². The summed E-state index contributed by atoms with van der Waals surface area (Å²) in [7, 11) is -5.07. The molecule has 1 rings (SSSR count). The Morgan fingerprint density at radius 2 is 1.00 bits per heavy atom. The Hall–Kier alpha value is -2.72. The lowest BCUT2D eigenvalue weighted by molar-refractivity contribution is -0.301. The van der Waals surface area contributed by atoms with Gasteiger partial charge in [-0.1, -0.05) is 208 Å². The molecular weight excluding hydrogens is 897 g/mol. The van der Waals surface area contributed by atoms with Gasteiger partial charge in [-0.2, -0.15) is 8.42 Å². The fraction of sp³-hybridized carbons (Fsp3) is 0.732. The van der Waals surface area contributed by atoms with E-state index >= 15 is 0 Å². The third kappa shape index (κ3) is 39.6. The van der Waals surface area contributed by atoms with Gasteiger partial charge in [0.1, 0.15) is 30.5 Å². The molecule has 1 aliphatic rings. The Morgan fingerprint density at radius 3 is 1.45 bits per heavy atom. The van der Waals surface area contributed by atoms with Crippen LogP contribution in [0.25, 0.3) is 0 Å². The monoisotopic (exact) mass is 993 g/mol.